The first-order chi connectivity index (χ1) is 12.4. The predicted octanol–water partition coefficient (Wildman–Crippen LogP) is 2.25. The summed E-state index contributed by atoms with van der Waals surface area (Å²) < 4.78 is 15.8. The van der Waals surface area contributed by atoms with Crippen molar-refractivity contribution >= 4 is 18.3 Å². The van der Waals surface area contributed by atoms with Gasteiger partial charge in [-0.05, 0) is 30.9 Å². The molecule has 0 aliphatic carbocycles. The number of rotatable bonds is 7. The lowest BCUT2D eigenvalue weighted by Crippen LogP contribution is -2.33. The van der Waals surface area contributed by atoms with Gasteiger partial charge in [-0.2, -0.15) is 5.26 Å². The SMILES string of the molecule is CC(C)COC(=O)OCC1(C#N)CCC(c2ccc(/C(N)=N\C=N)[nH]2)O1. The summed E-state index contributed by atoms with van der Waals surface area (Å²) in [6.07, 6.45) is 0.701. The van der Waals surface area contributed by atoms with Crippen molar-refractivity contribution in [3.05, 3.63) is 23.5 Å². The van der Waals surface area contributed by atoms with E-state index in [-0.39, 0.29) is 31.1 Å². The molecule has 1 aliphatic rings. The van der Waals surface area contributed by atoms with Gasteiger partial charge in [0.25, 0.3) is 0 Å². The summed E-state index contributed by atoms with van der Waals surface area (Å²) in [6, 6.07) is 5.62. The first-order valence-electron chi connectivity index (χ1n) is 8.29. The van der Waals surface area contributed by atoms with Crippen LogP contribution in [-0.2, 0) is 14.2 Å². The monoisotopic (exact) mass is 361 g/mol. The topological polar surface area (TPSA) is 147 Å². The van der Waals surface area contributed by atoms with Crippen molar-refractivity contribution in [2.75, 3.05) is 13.2 Å². The highest BCUT2D eigenvalue weighted by molar-refractivity contribution is 5.99. The van der Waals surface area contributed by atoms with Gasteiger partial charge in [0.15, 0.2) is 5.60 Å². The predicted molar refractivity (Wildman–Crippen MR) is 93.8 cm³/mol. The van der Waals surface area contributed by atoms with E-state index >= 15 is 0 Å². The third kappa shape index (κ3) is 4.83. The zero-order valence-electron chi connectivity index (χ0n) is 14.8. The highest BCUT2D eigenvalue weighted by Gasteiger charge is 2.43. The number of amidine groups is 1. The van der Waals surface area contributed by atoms with Crippen LogP contribution in [0.4, 0.5) is 4.79 Å². The minimum atomic E-state index is -1.21. The molecule has 9 heteroatoms. The molecule has 1 aliphatic heterocycles. The van der Waals surface area contributed by atoms with Crippen LogP contribution in [0.1, 0.15) is 44.2 Å². The van der Waals surface area contributed by atoms with Gasteiger partial charge in [-0.1, -0.05) is 13.8 Å². The smallest absolute Gasteiger partial charge is 0.434 e. The van der Waals surface area contributed by atoms with Crippen molar-refractivity contribution < 1.29 is 19.0 Å². The molecular formula is C17H23N5O4. The fraction of sp³-hybridized carbons (Fsp3) is 0.529. The van der Waals surface area contributed by atoms with E-state index in [9.17, 15) is 10.1 Å². The number of nitrogens with zero attached hydrogens (tertiary/aromatic N) is 2. The van der Waals surface area contributed by atoms with E-state index in [1.807, 2.05) is 13.8 Å². The Balaban J connectivity index is 1.96. The number of aliphatic imine (C=N–C) groups is 1. The summed E-state index contributed by atoms with van der Waals surface area (Å²) in [6.45, 7) is 3.89. The molecule has 26 heavy (non-hydrogen) atoms. The lowest BCUT2D eigenvalue weighted by atomic mass is 10.0. The Kier molecular flexibility index (Phi) is 6.36. The number of carbonyl (C=O) groups is 1. The molecule has 0 radical (unpaired) electrons. The number of ether oxygens (including phenoxy) is 3. The van der Waals surface area contributed by atoms with Crippen LogP contribution in [0.3, 0.4) is 0 Å². The van der Waals surface area contributed by atoms with Gasteiger partial charge < -0.3 is 24.9 Å². The van der Waals surface area contributed by atoms with Crippen molar-refractivity contribution in [1.82, 2.24) is 4.98 Å². The van der Waals surface area contributed by atoms with Crippen molar-refractivity contribution in [3.63, 3.8) is 0 Å². The van der Waals surface area contributed by atoms with Gasteiger partial charge in [-0.15, -0.1) is 0 Å². The van der Waals surface area contributed by atoms with Gasteiger partial charge in [-0.3, -0.25) is 5.41 Å². The molecule has 9 nitrogen and oxygen atoms in total. The van der Waals surface area contributed by atoms with E-state index in [1.54, 1.807) is 12.1 Å². The average Bonchev–Trinajstić information content (AvgIpc) is 3.26. The molecule has 2 rings (SSSR count). The molecule has 1 fully saturated rings. The molecule has 0 saturated carbocycles. The number of carbonyl (C=O) groups excluding carboxylic acids is 1. The fourth-order valence-corrected chi connectivity index (χ4v) is 2.53. The highest BCUT2D eigenvalue weighted by Crippen LogP contribution is 2.39. The van der Waals surface area contributed by atoms with Crippen LogP contribution in [0.5, 0.6) is 0 Å². The van der Waals surface area contributed by atoms with Gasteiger partial charge >= 0.3 is 6.16 Å². The van der Waals surface area contributed by atoms with Crippen LogP contribution >= 0.6 is 0 Å². The normalized spacial score (nSPS) is 22.8. The maximum atomic E-state index is 11.6. The van der Waals surface area contributed by atoms with Crippen molar-refractivity contribution in [3.8, 4) is 6.07 Å². The van der Waals surface area contributed by atoms with Gasteiger partial charge in [0.1, 0.15) is 24.9 Å². The number of aromatic amines is 1. The minimum Gasteiger partial charge on any atom is -0.434 e. The number of nitrogens with two attached hydrogens (primary N) is 1. The second-order valence-electron chi connectivity index (χ2n) is 6.47. The second kappa shape index (κ2) is 8.49. The molecular weight excluding hydrogens is 338 g/mol. The Hall–Kier alpha value is -2.86. The molecule has 2 heterocycles. The van der Waals surface area contributed by atoms with Crippen LogP contribution in [0, 0.1) is 22.7 Å². The van der Waals surface area contributed by atoms with E-state index in [2.05, 4.69) is 16.0 Å². The highest BCUT2D eigenvalue weighted by atomic mass is 16.7. The van der Waals surface area contributed by atoms with Crippen molar-refractivity contribution in [1.29, 1.82) is 10.7 Å². The molecule has 1 saturated heterocycles. The summed E-state index contributed by atoms with van der Waals surface area (Å²) in [5.74, 6) is 0.386. The summed E-state index contributed by atoms with van der Waals surface area (Å²) in [5.41, 5.74) is 5.83. The van der Waals surface area contributed by atoms with Crippen LogP contribution < -0.4 is 5.73 Å². The van der Waals surface area contributed by atoms with E-state index in [0.717, 1.165) is 12.0 Å². The standard InChI is InChI=1S/C17H23N5O4/c1-11(2)7-24-16(23)25-9-17(8-18)6-5-14(26-17)12-3-4-13(22-12)15(20)21-10-19/h3-4,10-11,14,22H,5-7,9H2,1-2H3,(H3,19,20,21). The first kappa shape index (κ1) is 19.5. The summed E-state index contributed by atoms with van der Waals surface area (Å²) in [4.78, 5) is 18.4. The first-order valence-corrected chi connectivity index (χ1v) is 8.29. The zero-order valence-corrected chi connectivity index (χ0v) is 14.8. The minimum absolute atomic E-state index is 0.187. The maximum Gasteiger partial charge on any atom is 0.508 e. The third-order valence-corrected chi connectivity index (χ3v) is 3.87. The largest absolute Gasteiger partial charge is 0.508 e. The number of nitriles is 1. The van der Waals surface area contributed by atoms with E-state index < -0.39 is 11.8 Å². The Labute approximate surface area is 151 Å². The number of H-pyrrole nitrogens is 1. The quantitative estimate of drug-likeness (QED) is 0.385. The molecule has 1 aromatic rings. The summed E-state index contributed by atoms with van der Waals surface area (Å²) >= 11 is 0. The Morgan fingerprint density at radius 2 is 2.38 bits per heavy atom. The lowest BCUT2D eigenvalue weighted by Gasteiger charge is -2.21. The summed E-state index contributed by atoms with van der Waals surface area (Å²) in [7, 11) is 0. The Bertz CT molecular complexity index is 721. The average molecular weight is 361 g/mol. The van der Waals surface area contributed by atoms with Crippen LogP contribution in [-0.4, -0.2) is 42.1 Å². The van der Waals surface area contributed by atoms with E-state index in [0.29, 0.717) is 18.5 Å². The maximum absolute atomic E-state index is 11.6. The number of hydrogen-bond acceptors (Lipinski definition) is 6. The van der Waals surface area contributed by atoms with E-state index in [4.69, 9.17) is 25.4 Å². The van der Waals surface area contributed by atoms with Crippen molar-refractivity contribution in [2.45, 2.75) is 38.4 Å². The molecule has 2 atom stereocenters. The van der Waals surface area contributed by atoms with Crippen LogP contribution in [0.25, 0.3) is 0 Å². The van der Waals surface area contributed by atoms with Gasteiger partial charge in [0.2, 0.25) is 0 Å². The Morgan fingerprint density at radius 3 is 3.04 bits per heavy atom. The fourth-order valence-electron chi connectivity index (χ4n) is 2.53. The molecule has 1 aromatic heterocycles. The van der Waals surface area contributed by atoms with Gasteiger partial charge in [0, 0.05) is 5.69 Å². The zero-order chi connectivity index (χ0) is 19.2. The lowest BCUT2D eigenvalue weighted by molar-refractivity contribution is -0.0555. The summed E-state index contributed by atoms with van der Waals surface area (Å²) in [5, 5.41) is 16.4. The van der Waals surface area contributed by atoms with Gasteiger partial charge in [-0.25, -0.2) is 9.79 Å². The number of nitrogens with one attached hydrogen (secondary N) is 2. The molecule has 0 bridgehead atoms. The molecule has 0 amide bonds. The molecule has 0 spiro atoms. The van der Waals surface area contributed by atoms with Crippen LogP contribution in [0.2, 0.25) is 0 Å². The second-order valence-corrected chi connectivity index (χ2v) is 6.47. The molecule has 0 aromatic carbocycles. The third-order valence-electron chi connectivity index (χ3n) is 3.87. The van der Waals surface area contributed by atoms with Crippen molar-refractivity contribution in [2.24, 2.45) is 16.6 Å². The van der Waals surface area contributed by atoms with E-state index in [1.165, 1.54) is 0 Å². The number of hydrogen-bond donors (Lipinski definition) is 3. The molecule has 2 unspecified atom stereocenters. The molecule has 140 valence electrons. The van der Waals surface area contributed by atoms with Gasteiger partial charge in [0.05, 0.1) is 18.4 Å². The van der Waals surface area contributed by atoms with Crippen LogP contribution in [0.15, 0.2) is 17.1 Å². The Morgan fingerprint density at radius 1 is 1.62 bits per heavy atom. The number of aromatic nitrogens is 1. The molecule has 4 N–H and O–H groups in total.